The fourth-order valence-electron chi connectivity index (χ4n) is 4.98. The molecule has 3 N–H and O–H groups in total. The van der Waals surface area contributed by atoms with Gasteiger partial charge in [0.2, 0.25) is 5.91 Å². The van der Waals surface area contributed by atoms with Gasteiger partial charge in [-0.25, -0.2) is 0 Å². The van der Waals surface area contributed by atoms with Crippen molar-refractivity contribution in [2.75, 3.05) is 6.54 Å². The largest absolute Gasteiger partial charge is 0.354 e. The van der Waals surface area contributed by atoms with Gasteiger partial charge in [0.05, 0.1) is 0 Å². The zero-order chi connectivity index (χ0) is 19.3. The van der Waals surface area contributed by atoms with Gasteiger partial charge in [0, 0.05) is 36.6 Å². The van der Waals surface area contributed by atoms with E-state index in [1.807, 2.05) is 0 Å². The van der Waals surface area contributed by atoms with Crippen LogP contribution in [0.2, 0.25) is 0 Å². The molecule has 3 unspecified atom stereocenters. The van der Waals surface area contributed by atoms with Crippen LogP contribution in [0, 0.1) is 5.92 Å². The van der Waals surface area contributed by atoms with Crippen LogP contribution in [0.4, 0.5) is 0 Å². The molecule has 2 aliphatic heterocycles. The summed E-state index contributed by atoms with van der Waals surface area (Å²) in [4.78, 5) is 12.6. The van der Waals surface area contributed by atoms with Crippen molar-refractivity contribution in [3.63, 3.8) is 0 Å². The van der Waals surface area contributed by atoms with E-state index in [0.717, 1.165) is 12.8 Å². The van der Waals surface area contributed by atoms with Crippen LogP contribution in [0.15, 0.2) is 30.3 Å². The van der Waals surface area contributed by atoms with Crippen LogP contribution in [0.1, 0.15) is 77.3 Å². The molecule has 2 heterocycles. The molecule has 2 fully saturated rings. The third-order valence-electron chi connectivity index (χ3n) is 6.84. The number of nitrogens with one attached hydrogen (secondary N) is 3. The van der Waals surface area contributed by atoms with Gasteiger partial charge in [0.25, 0.3) is 0 Å². The molecular formula is C23H39Cl2N3O. The Kier molecular flexibility index (Phi) is 11.0. The lowest BCUT2D eigenvalue weighted by molar-refractivity contribution is -0.122. The topological polar surface area (TPSA) is 53.2 Å². The molecule has 0 spiro atoms. The first kappa shape index (κ1) is 26.2. The van der Waals surface area contributed by atoms with Gasteiger partial charge in [-0.15, -0.1) is 24.8 Å². The second-order valence-electron chi connectivity index (χ2n) is 8.72. The summed E-state index contributed by atoms with van der Waals surface area (Å²) in [6.45, 7) is 7.34. The molecule has 1 aromatic rings. The predicted octanol–water partition coefficient (Wildman–Crippen LogP) is 4.78. The average molecular weight is 444 g/mol. The van der Waals surface area contributed by atoms with Gasteiger partial charge in [-0.05, 0) is 56.9 Å². The highest BCUT2D eigenvalue weighted by atomic mass is 35.5. The molecule has 1 aromatic carbocycles. The first-order valence-corrected chi connectivity index (χ1v) is 10.9. The van der Waals surface area contributed by atoms with Gasteiger partial charge in [-0.2, -0.15) is 0 Å². The Bertz CT molecular complexity index is 597. The van der Waals surface area contributed by atoms with Crippen molar-refractivity contribution in [3.05, 3.63) is 35.9 Å². The van der Waals surface area contributed by atoms with Gasteiger partial charge < -0.3 is 16.0 Å². The van der Waals surface area contributed by atoms with E-state index < -0.39 is 0 Å². The van der Waals surface area contributed by atoms with Crippen LogP contribution in [0.3, 0.4) is 0 Å². The summed E-state index contributed by atoms with van der Waals surface area (Å²) in [6.07, 6.45) is 7.60. The number of hydrogen-bond acceptors (Lipinski definition) is 3. The van der Waals surface area contributed by atoms with Crippen molar-refractivity contribution in [3.8, 4) is 0 Å². The second-order valence-corrected chi connectivity index (χ2v) is 8.72. The van der Waals surface area contributed by atoms with E-state index in [0.29, 0.717) is 31.0 Å². The Morgan fingerprint density at radius 1 is 1.10 bits per heavy atom. The molecule has 29 heavy (non-hydrogen) atoms. The highest BCUT2D eigenvalue weighted by Crippen LogP contribution is 2.32. The van der Waals surface area contributed by atoms with Crippen molar-refractivity contribution < 1.29 is 4.79 Å². The summed E-state index contributed by atoms with van der Waals surface area (Å²) in [6, 6.07) is 12.1. The zero-order valence-corrected chi connectivity index (χ0v) is 19.7. The molecule has 0 aliphatic carbocycles. The Morgan fingerprint density at radius 2 is 1.69 bits per heavy atom. The number of halogens is 2. The second kappa shape index (κ2) is 12.1. The number of carbonyl (C=O) groups is 1. The van der Waals surface area contributed by atoms with Crippen LogP contribution in [0.5, 0.6) is 0 Å². The summed E-state index contributed by atoms with van der Waals surface area (Å²) >= 11 is 0. The molecule has 2 aliphatic rings. The lowest BCUT2D eigenvalue weighted by atomic mass is 9.88. The maximum Gasteiger partial charge on any atom is 0.220 e. The molecule has 0 radical (unpaired) electrons. The number of hydrogen-bond donors (Lipinski definition) is 3. The van der Waals surface area contributed by atoms with Crippen molar-refractivity contribution in [2.24, 2.45) is 5.92 Å². The van der Waals surface area contributed by atoms with Crippen molar-refractivity contribution >= 4 is 30.7 Å². The number of amides is 1. The third kappa shape index (κ3) is 7.13. The van der Waals surface area contributed by atoms with Gasteiger partial charge in [0.1, 0.15) is 0 Å². The highest BCUT2D eigenvalue weighted by Gasteiger charge is 2.34. The van der Waals surface area contributed by atoms with Crippen LogP contribution in [-0.2, 0) is 4.79 Å². The van der Waals surface area contributed by atoms with E-state index >= 15 is 0 Å². The maximum atomic E-state index is 12.6. The minimum absolute atomic E-state index is 0. The number of piperidine rings is 1. The van der Waals surface area contributed by atoms with E-state index in [2.05, 4.69) is 67.1 Å². The molecule has 0 aromatic heterocycles. The molecule has 2 bridgehead atoms. The molecule has 2 saturated heterocycles. The van der Waals surface area contributed by atoms with Crippen molar-refractivity contribution in [1.29, 1.82) is 0 Å². The minimum atomic E-state index is -0.0575. The van der Waals surface area contributed by atoms with E-state index in [1.165, 1.54) is 31.2 Å². The van der Waals surface area contributed by atoms with Crippen LogP contribution in [0.25, 0.3) is 0 Å². The molecule has 3 rings (SSSR count). The Hall–Kier alpha value is -0.810. The summed E-state index contributed by atoms with van der Waals surface area (Å²) < 4.78 is 0. The van der Waals surface area contributed by atoms with Gasteiger partial charge in [-0.3, -0.25) is 4.79 Å². The summed E-state index contributed by atoms with van der Waals surface area (Å²) in [7, 11) is 0. The van der Waals surface area contributed by atoms with Crippen molar-refractivity contribution in [1.82, 2.24) is 16.0 Å². The first-order chi connectivity index (χ1) is 13.0. The van der Waals surface area contributed by atoms with Crippen molar-refractivity contribution in [2.45, 2.75) is 89.4 Å². The normalized spacial score (nSPS) is 24.2. The fourth-order valence-corrected chi connectivity index (χ4v) is 4.98. The lowest BCUT2D eigenvalue weighted by Crippen LogP contribution is -2.53. The molecule has 4 nitrogen and oxygen atoms in total. The lowest BCUT2D eigenvalue weighted by Gasteiger charge is -2.37. The number of rotatable bonds is 9. The smallest absolute Gasteiger partial charge is 0.220 e. The monoisotopic (exact) mass is 443 g/mol. The summed E-state index contributed by atoms with van der Waals surface area (Å²) in [5.41, 5.74) is 1.23. The predicted molar refractivity (Wildman–Crippen MR) is 126 cm³/mol. The minimum Gasteiger partial charge on any atom is -0.354 e. The van der Waals surface area contributed by atoms with E-state index in [-0.39, 0.29) is 42.3 Å². The molecular weight excluding hydrogens is 405 g/mol. The average Bonchev–Trinajstić information content (AvgIpc) is 3.04. The van der Waals surface area contributed by atoms with Gasteiger partial charge in [-0.1, -0.05) is 44.2 Å². The summed E-state index contributed by atoms with van der Waals surface area (Å²) in [5, 5.41) is 10.7. The Labute approximate surface area is 189 Å². The standard InChI is InChI=1S/C23H37N3O.2ClH/c1-4-23(5-2,26-17(3)19-9-7-6-8-10-19)16-24-22(27)15-18-13-20-11-12-21(14-18)25-20;;/h6-10,17-18,20-21,25-26H,4-5,11-16H2,1-3H3,(H,24,27);2*1H. The van der Waals surface area contributed by atoms with Gasteiger partial charge >= 0.3 is 0 Å². The number of benzene rings is 1. The molecule has 1 amide bonds. The Morgan fingerprint density at radius 3 is 2.24 bits per heavy atom. The molecule has 0 saturated carbocycles. The molecule has 6 heteroatoms. The number of carbonyl (C=O) groups excluding carboxylic acids is 1. The highest BCUT2D eigenvalue weighted by molar-refractivity contribution is 5.85. The van der Waals surface area contributed by atoms with E-state index in [1.54, 1.807) is 0 Å². The van der Waals surface area contributed by atoms with Crippen LogP contribution in [-0.4, -0.2) is 30.1 Å². The maximum absolute atomic E-state index is 12.6. The van der Waals surface area contributed by atoms with Crippen LogP contribution < -0.4 is 16.0 Å². The SMILES string of the molecule is CCC(CC)(CNC(=O)CC1CC2CCC(C1)N2)NC(C)c1ccccc1.Cl.Cl. The molecule has 3 atom stereocenters. The fraction of sp³-hybridized carbons (Fsp3) is 0.696. The molecule has 166 valence electrons. The third-order valence-corrected chi connectivity index (χ3v) is 6.84. The number of fused-ring (bicyclic) bond motifs is 2. The zero-order valence-electron chi connectivity index (χ0n) is 18.1. The Balaban J connectivity index is 0.00000210. The summed E-state index contributed by atoms with van der Waals surface area (Å²) in [5.74, 6) is 0.777. The first-order valence-electron chi connectivity index (χ1n) is 10.9. The van der Waals surface area contributed by atoms with Gasteiger partial charge in [0.15, 0.2) is 0 Å². The van der Waals surface area contributed by atoms with E-state index in [4.69, 9.17) is 0 Å². The van der Waals surface area contributed by atoms with Crippen LogP contribution >= 0.6 is 24.8 Å². The quantitative estimate of drug-likeness (QED) is 0.514. The van der Waals surface area contributed by atoms with E-state index in [9.17, 15) is 4.79 Å².